The van der Waals surface area contributed by atoms with Crippen molar-refractivity contribution in [1.29, 1.82) is 0 Å². The monoisotopic (exact) mass is 278 g/mol. The second-order valence-corrected chi connectivity index (χ2v) is 5.74. The molecule has 0 saturated carbocycles. The minimum absolute atomic E-state index is 0.391. The van der Waals surface area contributed by atoms with Crippen LogP contribution in [0.4, 0.5) is 0 Å². The largest absolute Gasteiger partial charge is 0.457 e. The van der Waals surface area contributed by atoms with E-state index in [0.717, 1.165) is 5.56 Å². The molecule has 0 atom stereocenters. The van der Waals surface area contributed by atoms with Crippen molar-refractivity contribution in [3.8, 4) is 11.5 Å². The Morgan fingerprint density at radius 3 is 1.89 bits per heavy atom. The van der Waals surface area contributed by atoms with Crippen LogP contribution >= 0.6 is 0 Å². The van der Waals surface area contributed by atoms with Gasteiger partial charge in [0.15, 0.2) is 0 Å². The predicted molar refractivity (Wildman–Crippen MR) is 72.9 cm³/mol. The van der Waals surface area contributed by atoms with Gasteiger partial charge in [0.05, 0.1) is 0 Å². The normalized spacial score (nSPS) is 11.3. The number of aryl methyl sites for hydroxylation is 1. The van der Waals surface area contributed by atoms with Crippen molar-refractivity contribution in [3.05, 3.63) is 59.7 Å². The van der Waals surface area contributed by atoms with Crippen LogP contribution in [0.3, 0.4) is 0 Å². The molecule has 0 spiro atoms. The Morgan fingerprint density at radius 2 is 1.42 bits per heavy atom. The summed E-state index contributed by atoms with van der Waals surface area (Å²) in [6.45, 7) is 1.99. The van der Waals surface area contributed by atoms with Crippen LogP contribution in [0, 0.1) is 6.92 Å². The first kappa shape index (κ1) is 13.6. The number of rotatable bonds is 4. The molecule has 0 unspecified atom stereocenters. The van der Waals surface area contributed by atoms with E-state index in [4.69, 9.17) is 9.29 Å². The van der Waals surface area contributed by atoms with Gasteiger partial charge >= 0.3 is 0 Å². The molecular formula is C14H14O4S. The van der Waals surface area contributed by atoms with Gasteiger partial charge in [0.25, 0.3) is 10.1 Å². The van der Waals surface area contributed by atoms with Crippen LogP contribution in [0.15, 0.2) is 48.5 Å². The molecule has 0 aromatic heterocycles. The molecule has 5 heteroatoms. The Balaban J connectivity index is 2.08. The van der Waals surface area contributed by atoms with Gasteiger partial charge < -0.3 is 4.74 Å². The molecule has 0 heterocycles. The number of benzene rings is 2. The minimum atomic E-state index is -3.99. The number of hydrogen-bond donors (Lipinski definition) is 1. The predicted octanol–water partition coefficient (Wildman–Crippen LogP) is 3.18. The average Bonchev–Trinajstić information content (AvgIpc) is 2.33. The standard InChI is InChI=1S/C14H14O4S/c1-11-2-6-13(7-3-11)18-14-8-4-12(5-9-14)10-19(15,16)17/h2-9H,10H2,1H3,(H,15,16,17). The maximum absolute atomic E-state index is 10.7. The smallest absolute Gasteiger partial charge is 0.269 e. The molecule has 0 amide bonds. The Morgan fingerprint density at radius 1 is 0.947 bits per heavy atom. The third-order valence-electron chi connectivity index (χ3n) is 2.53. The third-order valence-corrected chi connectivity index (χ3v) is 3.23. The van der Waals surface area contributed by atoms with E-state index >= 15 is 0 Å². The maximum atomic E-state index is 10.7. The molecule has 19 heavy (non-hydrogen) atoms. The molecule has 0 radical (unpaired) electrons. The molecule has 0 aliphatic rings. The van der Waals surface area contributed by atoms with Crippen LogP contribution < -0.4 is 4.74 Å². The van der Waals surface area contributed by atoms with Crippen LogP contribution in [-0.2, 0) is 15.9 Å². The lowest BCUT2D eigenvalue weighted by atomic mass is 10.2. The Bertz CT molecular complexity index is 643. The van der Waals surface area contributed by atoms with Gasteiger partial charge in [-0.2, -0.15) is 8.42 Å². The van der Waals surface area contributed by atoms with Crippen molar-refractivity contribution in [2.45, 2.75) is 12.7 Å². The highest BCUT2D eigenvalue weighted by Gasteiger charge is 2.06. The zero-order valence-corrected chi connectivity index (χ0v) is 11.2. The highest BCUT2D eigenvalue weighted by molar-refractivity contribution is 7.85. The van der Waals surface area contributed by atoms with Gasteiger partial charge in [0, 0.05) is 0 Å². The van der Waals surface area contributed by atoms with Crippen LogP contribution in [0.1, 0.15) is 11.1 Å². The van der Waals surface area contributed by atoms with Gasteiger partial charge in [-0.3, -0.25) is 4.55 Å². The van der Waals surface area contributed by atoms with Crippen molar-refractivity contribution >= 4 is 10.1 Å². The summed E-state index contributed by atoms with van der Waals surface area (Å²) >= 11 is 0. The summed E-state index contributed by atoms with van der Waals surface area (Å²) in [5.41, 5.74) is 1.66. The summed E-state index contributed by atoms with van der Waals surface area (Å²) in [6, 6.07) is 14.2. The molecule has 0 saturated heterocycles. The lowest BCUT2D eigenvalue weighted by molar-refractivity contribution is 0.479. The van der Waals surface area contributed by atoms with Crippen molar-refractivity contribution in [2.24, 2.45) is 0 Å². The Hall–Kier alpha value is -1.85. The SMILES string of the molecule is Cc1ccc(Oc2ccc(CS(=O)(=O)O)cc2)cc1. The fourth-order valence-electron chi connectivity index (χ4n) is 1.61. The van der Waals surface area contributed by atoms with Gasteiger partial charge in [-0.05, 0) is 36.8 Å². The maximum Gasteiger partial charge on any atom is 0.269 e. The number of hydrogen-bond acceptors (Lipinski definition) is 3. The van der Waals surface area contributed by atoms with Crippen molar-refractivity contribution in [2.75, 3.05) is 0 Å². The van der Waals surface area contributed by atoms with Gasteiger partial charge in [-0.25, -0.2) is 0 Å². The van der Waals surface area contributed by atoms with Gasteiger partial charge in [-0.1, -0.05) is 29.8 Å². The van der Waals surface area contributed by atoms with Gasteiger partial charge in [0.2, 0.25) is 0 Å². The second-order valence-electron chi connectivity index (χ2n) is 4.29. The molecule has 0 bridgehead atoms. The molecule has 1 N–H and O–H groups in total. The van der Waals surface area contributed by atoms with Crippen LogP contribution in [-0.4, -0.2) is 13.0 Å². The highest BCUT2D eigenvalue weighted by Crippen LogP contribution is 2.22. The molecular weight excluding hydrogens is 264 g/mol. The van der Waals surface area contributed by atoms with E-state index in [1.807, 2.05) is 31.2 Å². The second kappa shape index (κ2) is 5.42. The lowest BCUT2D eigenvalue weighted by Crippen LogP contribution is -2.01. The van der Waals surface area contributed by atoms with Gasteiger partial charge in [-0.15, -0.1) is 0 Å². The molecule has 2 aromatic carbocycles. The van der Waals surface area contributed by atoms with Crippen LogP contribution in [0.25, 0.3) is 0 Å². The lowest BCUT2D eigenvalue weighted by Gasteiger charge is -2.06. The fraction of sp³-hybridized carbons (Fsp3) is 0.143. The summed E-state index contributed by atoms with van der Waals surface area (Å²) in [5.74, 6) is 0.939. The first-order valence-corrected chi connectivity index (χ1v) is 7.32. The summed E-state index contributed by atoms with van der Waals surface area (Å²) in [7, 11) is -3.99. The summed E-state index contributed by atoms with van der Waals surface area (Å²) in [6.07, 6.45) is 0. The average molecular weight is 278 g/mol. The van der Waals surface area contributed by atoms with E-state index in [2.05, 4.69) is 0 Å². The fourth-order valence-corrected chi connectivity index (χ4v) is 2.22. The summed E-state index contributed by atoms with van der Waals surface area (Å²) in [5, 5.41) is 0. The molecule has 4 nitrogen and oxygen atoms in total. The molecule has 2 rings (SSSR count). The molecule has 2 aromatic rings. The van der Waals surface area contributed by atoms with E-state index in [9.17, 15) is 8.42 Å². The highest BCUT2D eigenvalue weighted by atomic mass is 32.2. The van der Waals surface area contributed by atoms with E-state index in [1.54, 1.807) is 24.3 Å². The third kappa shape index (κ3) is 4.39. The van der Waals surface area contributed by atoms with Crippen LogP contribution in [0.5, 0.6) is 11.5 Å². The topological polar surface area (TPSA) is 63.6 Å². The van der Waals surface area contributed by atoms with Crippen LogP contribution in [0.2, 0.25) is 0 Å². The Kier molecular flexibility index (Phi) is 3.87. The van der Waals surface area contributed by atoms with Gasteiger partial charge in [0.1, 0.15) is 17.3 Å². The zero-order chi connectivity index (χ0) is 13.9. The van der Waals surface area contributed by atoms with E-state index in [-0.39, 0.29) is 0 Å². The molecule has 0 fully saturated rings. The summed E-state index contributed by atoms with van der Waals surface area (Å²) < 4.78 is 35.8. The van der Waals surface area contributed by atoms with Crippen molar-refractivity contribution in [3.63, 3.8) is 0 Å². The van der Waals surface area contributed by atoms with E-state index in [0.29, 0.717) is 17.1 Å². The van der Waals surface area contributed by atoms with E-state index < -0.39 is 15.9 Å². The first-order valence-electron chi connectivity index (χ1n) is 5.71. The number of ether oxygens (including phenoxy) is 1. The van der Waals surface area contributed by atoms with Crippen molar-refractivity contribution < 1.29 is 17.7 Å². The first-order chi connectivity index (χ1) is 8.92. The quantitative estimate of drug-likeness (QED) is 0.872. The van der Waals surface area contributed by atoms with E-state index in [1.165, 1.54) is 0 Å². The van der Waals surface area contributed by atoms with Crippen molar-refractivity contribution in [1.82, 2.24) is 0 Å². The zero-order valence-electron chi connectivity index (χ0n) is 10.4. The molecule has 0 aliphatic heterocycles. The minimum Gasteiger partial charge on any atom is -0.457 e. The summed E-state index contributed by atoms with van der Waals surface area (Å²) in [4.78, 5) is 0. The molecule has 100 valence electrons. The molecule has 0 aliphatic carbocycles. The Labute approximate surface area is 112 Å².